The molecular weight excluding hydrogens is 299 g/mol. The van der Waals surface area contributed by atoms with E-state index in [1.54, 1.807) is 29.6 Å². The van der Waals surface area contributed by atoms with Crippen molar-refractivity contribution in [1.29, 1.82) is 0 Å². The second-order valence-corrected chi connectivity index (χ2v) is 5.20. The molecule has 1 N–H and O–H groups in total. The molecule has 0 saturated carbocycles. The fourth-order valence-electron chi connectivity index (χ4n) is 2.39. The highest BCUT2D eigenvalue weighted by Crippen LogP contribution is 2.23. The lowest BCUT2D eigenvalue weighted by molar-refractivity contribution is 0.188. The van der Waals surface area contributed by atoms with Gasteiger partial charge in [0, 0.05) is 43.2 Å². The number of urea groups is 1. The predicted octanol–water partition coefficient (Wildman–Crippen LogP) is 1.76. The van der Waals surface area contributed by atoms with E-state index in [0.717, 1.165) is 11.3 Å². The van der Waals surface area contributed by atoms with E-state index in [0.29, 0.717) is 38.4 Å². The zero-order chi connectivity index (χ0) is 16.1. The molecule has 3 rings (SSSR count). The molecule has 120 valence electrons. The third-order valence-corrected chi connectivity index (χ3v) is 3.57. The van der Waals surface area contributed by atoms with Crippen LogP contribution in [0.4, 0.5) is 9.18 Å². The van der Waals surface area contributed by atoms with E-state index in [1.807, 2.05) is 0 Å². The third kappa shape index (κ3) is 3.94. The number of benzene rings is 1. The number of ether oxygens (including phenoxy) is 1. The molecule has 0 bridgehead atoms. The highest BCUT2D eigenvalue weighted by molar-refractivity contribution is 5.74. The molecule has 6 nitrogen and oxygen atoms in total. The van der Waals surface area contributed by atoms with E-state index in [2.05, 4.69) is 15.3 Å². The van der Waals surface area contributed by atoms with Crippen molar-refractivity contribution >= 4 is 6.03 Å². The van der Waals surface area contributed by atoms with Crippen LogP contribution in [-0.2, 0) is 13.0 Å². The average molecular weight is 316 g/mol. The van der Waals surface area contributed by atoms with Crippen molar-refractivity contribution in [2.24, 2.45) is 0 Å². The van der Waals surface area contributed by atoms with Gasteiger partial charge in [-0.15, -0.1) is 0 Å². The van der Waals surface area contributed by atoms with Crippen LogP contribution in [0, 0.1) is 5.82 Å². The molecule has 1 aromatic carbocycles. The number of aromatic nitrogens is 2. The van der Waals surface area contributed by atoms with Crippen LogP contribution in [0.1, 0.15) is 11.3 Å². The standard InChI is InChI=1S/C16H17FN4O2/c17-13-2-1-12-11-21(7-8-23-15(12)9-13)16(22)20-4-3-14-10-18-5-6-19-14/h1-2,5-6,9-10H,3-4,7-8,11H2,(H,20,22). The van der Waals surface area contributed by atoms with Gasteiger partial charge in [-0.2, -0.15) is 0 Å². The van der Waals surface area contributed by atoms with Gasteiger partial charge in [0.1, 0.15) is 18.2 Å². The summed E-state index contributed by atoms with van der Waals surface area (Å²) in [6.07, 6.45) is 5.53. The summed E-state index contributed by atoms with van der Waals surface area (Å²) in [6, 6.07) is 4.20. The quantitative estimate of drug-likeness (QED) is 0.937. The second-order valence-electron chi connectivity index (χ2n) is 5.20. The maximum Gasteiger partial charge on any atom is 0.317 e. The number of amides is 2. The Balaban J connectivity index is 1.56. The van der Waals surface area contributed by atoms with Crippen molar-refractivity contribution in [2.75, 3.05) is 19.7 Å². The van der Waals surface area contributed by atoms with Gasteiger partial charge in [-0.25, -0.2) is 9.18 Å². The summed E-state index contributed by atoms with van der Waals surface area (Å²) in [4.78, 5) is 22.1. The van der Waals surface area contributed by atoms with E-state index < -0.39 is 0 Å². The molecule has 0 atom stereocenters. The molecule has 0 fully saturated rings. The first-order valence-corrected chi connectivity index (χ1v) is 7.41. The van der Waals surface area contributed by atoms with Crippen molar-refractivity contribution < 1.29 is 13.9 Å². The summed E-state index contributed by atoms with van der Waals surface area (Å²) in [6.45, 7) is 1.67. The molecule has 0 unspecified atom stereocenters. The maximum atomic E-state index is 13.2. The summed E-state index contributed by atoms with van der Waals surface area (Å²) in [7, 11) is 0. The summed E-state index contributed by atoms with van der Waals surface area (Å²) >= 11 is 0. The summed E-state index contributed by atoms with van der Waals surface area (Å²) in [5, 5.41) is 2.86. The van der Waals surface area contributed by atoms with Gasteiger partial charge in [0.15, 0.2) is 0 Å². The largest absolute Gasteiger partial charge is 0.491 e. The maximum absolute atomic E-state index is 13.2. The van der Waals surface area contributed by atoms with Crippen molar-refractivity contribution in [3.63, 3.8) is 0 Å². The number of hydrogen-bond donors (Lipinski definition) is 1. The van der Waals surface area contributed by atoms with Crippen LogP contribution in [-0.4, -0.2) is 40.6 Å². The number of carbonyl (C=O) groups is 1. The minimum absolute atomic E-state index is 0.172. The van der Waals surface area contributed by atoms with Crippen LogP contribution >= 0.6 is 0 Å². The van der Waals surface area contributed by atoms with E-state index in [1.165, 1.54) is 12.1 Å². The molecule has 7 heteroatoms. The minimum Gasteiger partial charge on any atom is -0.491 e. The molecule has 2 aromatic rings. The van der Waals surface area contributed by atoms with Crippen LogP contribution in [0.15, 0.2) is 36.8 Å². The number of halogens is 1. The number of nitrogens with one attached hydrogen (secondary N) is 1. The first kappa shape index (κ1) is 15.2. The highest BCUT2D eigenvalue weighted by Gasteiger charge is 2.19. The summed E-state index contributed by atoms with van der Waals surface area (Å²) in [5.74, 6) is 0.158. The lowest BCUT2D eigenvalue weighted by Crippen LogP contribution is -2.41. The molecule has 0 radical (unpaired) electrons. The van der Waals surface area contributed by atoms with Crippen LogP contribution in [0.3, 0.4) is 0 Å². The molecule has 0 aliphatic carbocycles. The Morgan fingerprint density at radius 3 is 3.13 bits per heavy atom. The van der Waals surface area contributed by atoms with Crippen molar-refractivity contribution in [3.05, 3.63) is 53.9 Å². The Kier molecular flexibility index (Phi) is 4.65. The van der Waals surface area contributed by atoms with Gasteiger partial charge in [0.05, 0.1) is 18.8 Å². The number of nitrogens with zero attached hydrogens (tertiary/aromatic N) is 3. The SMILES string of the molecule is O=C(NCCc1cnccn1)N1CCOc2cc(F)ccc2C1. The number of hydrogen-bond acceptors (Lipinski definition) is 4. The fourth-order valence-corrected chi connectivity index (χ4v) is 2.39. The number of rotatable bonds is 3. The Bertz CT molecular complexity index is 681. The number of fused-ring (bicyclic) bond motifs is 1. The summed E-state index contributed by atoms with van der Waals surface area (Å²) in [5.41, 5.74) is 1.63. The zero-order valence-corrected chi connectivity index (χ0v) is 12.5. The van der Waals surface area contributed by atoms with E-state index in [-0.39, 0.29) is 11.8 Å². The van der Waals surface area contributed by atoms with E-state index in [9.17, 15) is 9.18 Å². The van der Waals surface area contributed by atoms with Gasteiger partial charge in [-0.1, -0.05) is 6.07 Å². The van der Waals surface area contributed by atoms with Gasteiger partial charge in [-0.3, -0.25) is 9.97 Å². The fraction of sp³-hybridized carbons (Fsp3) is 0.312. The molecule has 1 aliphatic heterocycles. The van der Waals surface area contributed by atoms with Gasteiger partial charge in [-0.05, 0) is 6.07 Å². The lowest BCUT2D eigenvalue weighted by Gasteiger charge is -2.20. The smallest absolute Gasteiger partial charge is 0.317 e. The van der Waals surface area contributed by atoms with Crippen LogP contribution in [0.2, 0.25) is 0 Å². The molecule has 0 saturated heterocycles. The number of carbonyl (C=O) groups excluding carboxylic acids is 1. The van der Waals surface area contributed by atoms with Crippen LogP contribution in [0.5, 0.6) is 5.75 Å². The first-order valence-electron chi connectivity index (χ1n) is 7.41. The minimum atomic E-state index is -0.342. The summed E-state index contributed by atoms with van der Waals surface area (Å²) < 4.78 is 18.7. The molecule has 2 heterocycles. The van der Waals surface area contributed by atoms with Crippen molar-refractivity contribution in [2.45, 2.75) is 13.0 Å². The van der Waals surface area contributed by atoms with Crippen LogP contribution in [0.25, 0.3) is 0 Å². The highest BCUT2D eigenvalue weighted by atomic mass is 19.1. The molecule has 2 amide bonds. The van der Waals surface area contributed by atoms with E-state index in [4.69, 9.17) is 4.74 Å². The Labute approximate surface area is 133 Å². The Hall–Kier alpha value is -2.70. The molecule has 23 heavy (non-hydrogen) atoms. The molecule has 0 spiro atoms. The van der Waals surface area contributed by atoms with Crippen molar-refractivity contribution in [1.82, 2.24) is 20.2 Å². The van der Waals surface area contributed by atoms with Crippen LogP contribution < -0.4 is 10.1 Å². The monoisotopic (exact) mass is 316 g/mol. The third-order valence-electron chi connectivity index (χ3n) is 3.57. The first-order chi connectivity index (χ1) is 11.2. The average Bonchev–Trinajstić information content (AvgIpc) is 2.77. The normalized spacial score (nSPS) is 13.7. The van der Waals surface area contributed by atoms with Gasteiger partial charge < -0.3 is 15.0 Å². The zero-order valence-electron chi connectivity index (χ0n) is 12.5. The molecule has 1 aliphatic rings. The topological polar surface area (TPSA) is 67.4 Å². The van der Waals surface area contributed by atoms with Gasteiger partial charge in [0.25, 0.3) is 0 Å². The second kappa shape index (κ2) is 7.04. The van der Waals surface area contributed by atoms with E-state index >= 15 is 0 Å². The predicted molar refractivity (Wildman–Crippen MR) is 81.4 cm³/mol. The molecular formula is C16H17FN4O2. The Morgan fingerprint density at radius 1 is 1.39 bits per heavy atom. The molecule has 1 aromatic heterocycles. The lowest BCUT2D eigenvalue weighted by atomic mass is 10.2. The van der Waals surface area contributed by atoms with Gasteiger partial charge in [0.2, 0.25) is 0 Å². The Morgan fingerprint density at radius 2 is 2.30 bits per heavy atom. The van der Waals surface area contributed by atoms with Crippen molar-refractivity contribution in [3.8, 4) is 5.75 Å². The van der Waals surface area contributed by atoms with Gasteiger partial charge >= 0.3 is 6.03 Å².